The second kappa shape index (κ2) is 5.82. The standard InChI is InChI=1S/C13H16N2O2S/c1-2-5-9(8-12(16)17)14-13-15-10-6-3-4-7-11(10)18-13/h3-4,6-7,9H,2,5,8H2,1H3,(H,14,15)(H,16,17). The molecular weight excluding hydrogens is 248 g/mol. The number of carboxylic acids is 1. The van der Waals surface area contributed by atoms with Gasteiger partial charge in [0, 0.05) is 6.04 Å². The van der Waals surface area contributed by atoms with Gasteiger partial charge in [0.25, 0.3) is 0 Å². The van der Waals surface area contributed by atoms with E-state index in [1.807, 2.05) is 24.3 Å². The molecule has 2 N–H and O–H groups in total. The lowest BCUT2D eigenvalue weighted by Crippen LogP contribution is -2.22. The van der Waals surface area contributed by atoms with Gasteiger partial charge in [-0.25, -0.2) is 4.98 Å². The predicted molar refractivity (Wildman–Crippen MR) is 74.2 cm³/mol. The molecule has 0 fully saturated rings. The molecule has 0 aliphatic carbocycles. The molecule has 1 heterocycles. The van der Waals surface area contributed by atoms with Crippen molar-refractivity contribution >= 4 is 32.7 Å². The van der Waals surface area contributed by atoms with E-state index in [4.69, 9.17) is 5.11 Å². The molecule has 2 aromatic rings. The summed E-state index contributed by atoms with van der Waals surface area (Å²) in [6.07, 6.45) is 1.92. The number of nitrogens with one attached hydrogen (secondary N) is 1. The highest BCUT2D eigenvalue weighted by Crippen LogP contribution is 2.26. The Morgan fingerprint density at radius 2 is 2.28 bits per heavy atom. The third-order valence-corrected chi connectivity index (χ3v) is 3.65. The lowest BCUT2D eigenvalue weighted by atomic mass is 10.1. The zero-order chi connectivity index (χ0) is 13.0. The minimum Gasteiger partial charge on any atom is -0.481 e. The topological polar surface area (TPSA) is 62.2 Å². The quantitative estimate of drug-likeness (QED) is 0.840. The smallest absolute Gasteiger partial charge is 0.305 e. The molecule has 0 spiro atoms. The van der Waals surface area contributed by atoms with Gasteiger partial charge in [-0.3, -0.25) is 4.79 Å². The molecule has 18 heavy (non-hydrogen) atoms. The number of carbonyl (C=O) groups is 1. The van der Waals surface area contributed by atoms with Crippen LogP contribution in [-0.4, -0.2) is 22.1 Å². The third-order valence-electron chi connectivity index (χ3n) is 2.68. The highest BCUT2D eigenvalue weighted by atomic mass is 32.1. The Morgan fingerprint density at radius 1 is 1.50 bits per heavy atom. The van der Waals surface area contributed by atoms with E-state index < -0.39 is 5.97 Å². The Balaban J connectivity index is 2.12. The monoisotopic (exact) mass is 264 g/mol. The van der Waals surface area contributed by atoms with Crippen molar-refractivity contribution in [1.29, 1.82) is 0 Å². The van der Waals surface area contributed by atoms with Crippen molar-refractivity contribution < 1.29 is 9.90 Å². The van der Waals surface area contributed by atoms with Crippen molar-refractivity contribution in [3.05, 3.63) is 24.3 Å². The van der Waals surface area contributed by atoms with Gasteiger partial charge >= 0.3 is 5.97 Å². The Bertz CT molecular complexity index is 506. The van der Waals surface area contributed by atoms with Crippen molar-refractivity contribution in [3.8, 4) is 0 Å². The van der Waals surface area contributed by atoms with Gasteiger partial charge in [0.1, 0.15) is 0 Å². The Morgan fingerprint density at radius 3 is 2.94 bits per heavy atom. The first kappa shape index (κ1) is 12.8. The maximum absolute atomic E-state index is 10.8. The molecule has 1 unspecified atom stereocenters. The Labute approximate surface area is 110 Å². The first-order valence-electron chi connectivity index (χ1n) is 6.03. The minimum atomic E-state index is -0.776. The zero-order valence-electron chi connectivity index (χ0n) is 10.2. The fourth-order valence-corrected chi connectivity index (χ4v) is 2.84. The average Bonchev–Trinajstić information content (AvgIpc) is 2.70. The number of thiazole rings is 1. The maximum atomic E-state index is 10.8. The molecule has 0 saturated carbocycles. The minimum absolute atomic E-state index is 0.0481. The fraction of sp³-hybridized carbons (Fsp3) is 0.385. The Kier molecular flexibility index (Phi) is 4.15. The van der Waals surface area contributed by atoms with Gasteiger partial charge < -0.3 is 10.4 Å². The molecular formula is C13H16N2O2S. The molecule has 1 aromatic carbocycles. The lowest BCUT2D eigenvalue weighted by molar-refractivity contribution is -0.137. The summed E-state index contributed by atoms with van der Waals surface area (Å²) >= 11 is 1.56. The van der Waals surface area contributed by atoms with Crippen LogP contribution in [0.15, 0.2) is 24.3 Å². The second-order valence-corrected chi connectivity index (χ2v) is 5.25. The number of aliphatic carboxylic acids is 1. The van der Waals surface area contributed by atoms with E-state index in [0.29, 0.717) is 0 Å². The van der Waals surface area contributed by atoms with E-state index in [2.05, 4.69) is 17.2 Å². The normalized spacial score (nSPS) is 12.5. The molecule has 0 amide bonds. The third kappa shape index (κ3) is 3.20. The van der Waals surface area contributed by atoms with Crippen LogP contribution in [0.5, 0.6) is 0 Å². The lowest BCUT2D eigenvalue weighted by Gasteiger charge is -2.14. The fourth-order valence-electron chi connectivity index (χ4n) is 1.89. The Hall–Kier alpha value is -1.62. The van der Waals surface area contributed by atoms with Gasteiger partial charge in [-0.05, 0) is 18.6 Å². The largest absolute Gasteiger partial charge is 0.481 e. The summed E-state index contributed by atoms with van der Waals surface area (Å²) in [4.78, 5) is 15.2. The van der Waals surface area contributed by atoms with Gasteiger partial charge in [-0.15, -0.1) is 0 Å². The van der Waals surface area contributed by atoms with Crippen LogP contribution in [0.25, 0.3) is 10.2 Å². The number of para-hydroxylation sites is 1. The first-order valence-corrected chi connectivity index (χ1v) is 6.84. The number of hydrogen-bond acceptors (Lipinski definition) is 4. The number of fused-ring (bicyclic) bond motifs is 1. The van der Waals surface area contributed by atoms with Crippen molar-refractivity contribution in [2.75, 3.05) is 5.32 Å². The molecule has 1 atom stereocenters. The van der Waals surface area contributed by atoms with Crippen LogP contribution in [0.4, 0.5) is 5.13 Å². The molecule has 0 aliphatic rings. The number of hydrogen-bond donors (Lipinski definition) is 2. The number of benzene rings is 1. The number of aromatic nitrogens is 1. The van der Waals surface area contributed by atoms with E-state index in [0.717, 1.165) is 28.2 Å². The van der Waals surface area contributed by atoms with Gasteiger partial charge in [0.05, 0.1) is 16.6 Å². The van der Waals surface area contributed by atoms with Gasteiger partial charge in [0.2, 0.25) is 0 Å². The maximum Gasteiger partial charge on any atom is 0.305 e. The van der Waals surface area contributed by atoms with Crippen LogP contribution in [0.1, 0.15) is 26.2 Å². The van der Waals surface area contributed by atoms with E-state index in [9.17, 15) is 4.79 Å². The van der Waals surface area contributed by atoms with Crippen LogP contribution >= 0.6 is 11.3 Å². The summed E-state index contributed by atoms with van der Waals surface area (Å²) < 4.78 is 1.12. The van der Waals surface area contributed by atoms with E-state index in [1.165, 1.54) is 0 Å². The molecule has 2 rings (SSSR count). The molecule has 0 aliphatic heterocycles. The van der Waals surface area contributed by atoms with Gasteiger partial charge in [0.15, 0.2) is 5.13 Å². The average molecular weight is 264 g/mol. The SMILES string of the molecule is CCCC(CC(=O)O)Nc1nc2ccccc2s1. The van der Waals surface area contributed by atoms with Crippen molar-refractivity contribution in [3.63, 3.8) is 0 Å². The summed E-state index contributed by atoms with van der Waals surface area (Å²) in [5.74, 6) is -0.776. The van der Waals surface area contributed by atoms with Crippen LogP contribution in [0.3, 0.4) is 0 Å². The van der Waals surface area contributed by atoms with Crippen LogP contribution < -0.4 is 5.32 Å². The summed E-state index contributed by atoms with van der Waals surface area (Å²) in [5, 5.41) is 12.9. The highest BCUT2D eigenvalue weighted by molar-refractivity contribution is 7.22. The van der Waals surface area contributed by atoms with Crippen LogP contribution in [-0.2, 0) is 4.79 Å². The van der Waals surface area contributed by atoms with Crippen LogP contribution in [0, 0.1) is 0 Å². The van der Waals surface area contributed by atoms with Crippen molar-refractivity contribution in [2.45, 2.75) is 32.2 Å². The second-order valence-electron chi connectivity index (χ2n) is 4.21. The number of nitrogens with zero attached hydrogens (tertiary/aromatic N) is 1. The summed E-state index contributed by atoms with van der Waals surface area (Å²) in [5.41, 5.74) is 0.954. The number of carboxylic acid groups (broad SMARTS) is 1. The predicted octanol–water partition coefficient (Wildman–Crippen LogP) is 3.35. The molecule has 96 valence electrons. The van der Waals surface area contributed by atoms with Gasteiger partial charge in [-0.1, -0.05) is 36.8 Å². The van der Waals surface area contributed by atoms with Crippen molar-refractivity contribution in [1.82, 2.24) is 4.98 Å². The first-order chi connectivity index (χ1) is 8.69. The van der Waals surface area contributed by atoms with Crippen molar-refractivity contribution in [2.24, 2.45) is 0 Å². The van der Waals surface area contributed by atoms with Crippen LogP contribution in [0.2, 0.25) is 0 Å². The summed E-state index contributed by atoms with van der Waals surface area (Å²) in [6.45, 7) is 2.05. The number of rotatable bonds is 6. The zero-order valence-corrected chi connectivity index (χ0v) is 11.0. The molecule has 5 heteroatoms. The highest BCUT2D eigenvalue weighted by Gasteiger charge is 2.14. The van der Waals surface area contributed by atoms with Gasteiger partial charge in [-0.2, -0.15) is 0 Å². The molecule has 4 nitrogen and oxygen atoms in total. The molecule has 0 bridgehead atoms. The van der Waals surface area contributed by atoms with E-state index in [1.54, 1.807) is 11.3 Å². The molecule has 1 aromatic heterocycles. The van der Waals surface area contributed by atoms with E-state index >= 15 is 0 Å². The summed E-state index contributed by atoms with van der Waals surface area (Å²) in [6, 6.07) is 7.86. The number of anilines is 1. The molecule has 0 saturated heterocycles. The summed E-state index contributed by atoms with van der Waals surface area (Å²) in [7, 11) is 0. The molecule has 0 radical (unpaired) electrons. The van der Waals surface area contributed by atoms with E-state index in [-0.39, 0.29) is 12.5 Å².